The van der Waals surface area contributed by atoms with Crippen LogP contribution in [0.4, 0.5) is 11.4 Å². The fourth-order valence-electron chi connectivity index (χ4n) is 2.91. The van der Waals surface area contributed by atoms with Crippen LogP contribution in [0.3, 0.4) is 0 Å². The highest BCUT2D eigenvalue weighted by Crippen LogP contribution is 2.35. The topological polar surface area (TPSA) is 58.6 Å². The molecule has 2 aromatic carbocycles. The Morgan fingerprint density at radius 3 is 2.42 bits per heavy atom. The molecule has 1 aliphatic heterocycles. The van der Waals surface area contributed by atoms with Crippen LogP contribution in [0.2, 0.25) is 0 Å². The molecule has 5 nitrogen and oxygen atoms in total. The van der Waals surface area contributed by atoms with Gasteiger partial charge in [0, 0.05) is 15.8 Å². The standard InChI is InChI=1S/C20H19BrN2O3/c1-3-26-19(25)20(2)13-17(22-15-11-9-14(21)10-12-15)18(24)23(20)16-7-5-4-6-8-16/h4-13,22H,3H2,1-2H3. The SMILES string of the molecule is CCOC(=O)C1(C)C=C(Nc2ccc(Br)cc2)C(=O)N1c1ccccc1. The van der Waals surface area contributed by atoms with E-state index in [1.54, 1.807) is 32.1 Å². The third kappa shape index (κ3) is 3.37. The van der Waals surface area contributed by atoms with Crippen LogP contribution in [0.1, 0.15) is 13.8 Å². The monoisotopic (exact) mass is 414 g/mol. The molecule has 1 atom stereocenters. The Hall–Kier alpha value is -2.60. The van der Waals surface area contributed by atoms with Crippen LogP contribution in [0, 0.1) is 0 Å². The lowest BCUT2D eigenvalue weighted by Crippen LogP contribution is -2.51. The molecule has 0 saturated carbocycles. The zero-order chi connectivity index (χ0) is 18.7. The predicted octanol–water partition coefficient (Wildman–Crippen LogP) is 4.11. The lowest BCUT2D eigenvalue weighted by Gasteiger charge is -2.32. The van der Waals surface area contributed by atoms with Crippen molar-refractivity contribution in [3.8, 4) is 0 Å². The molecule has 1 amide bonds. The van der Waals surface area contributed by atoms with Gasteiger partial charge >= 0.3 is 5.97 Å². The van der Waals surface area contributed by atoms with E-state index in [4.69, 9.17) is 4.74 Å². The predicted molar refractivity (Wildman–Crippen MR) is 105 cm³/mol. The largest absolute Gasteiger partial charge is 0.464 e. The number of nitrogens with zero attached hydrogens (tertiary/aromatic N) is 1. The van der Waals surface area contributed by atoms with E-state index in [2.05, 4.69) is 21.2 Å². The van der Waals surface area contributed by atoms with Crippen molar-refractivity contribution in [2.75, 3.05) is 16.8 Å². The first-order valence-electron chi connectivity index (χ1n) is 8.28. The Labute approximate surface area is 160 Å². The number of para-hydroxylation sites is 1. The van der Waals surface area contributed by atoms with Gasteiger partial charge in [-0.05, 0) is 56.3 Å². The number of benzene rings is 2. The number of amides is 1. The fourth-order valence-corrected chi connectivity index (χ4v) is 3.17. The van der Waals surface area contributed by atoms with Crippen molar-refractivity contribution < 1.29 is 14.3 Å². The summed E-state index contributed by atoms with van der Waals surface area (Å²) in [6, 6.07) is 16.6. The van der Waals surface area contributed by atoms with Crippen LogP contribution in [0.25, 0.3) is 0 Å². The molecule has 1 N–H and O–H groups in total. The van der Waals surface area contributed by atoms with Crippen LogP contribution in [-0.4, -0.2) is 24.0 Å². The lowest BCUT2D eigenvalue weighted by atomic mass is 10.0. The number of anilines is 2. The number of esters is 1. The molecule has 1 unspecified atom stereocenters. The van der Waals surface area contributed by atoms with Crippen LogP contribution in [-0.2, 0) is 14.3 Å². The van der Waals surface area contributed by atoms with Gasteiger partial charge in [-0.25, -0.2) is 4.79 Å². The average molecular weight is 415 g/mol. The molecule has 134 valence electrons. The summed E-state index contributed by atoms with van der Waals surface area (Å²) in [4.78, 5) is 27.2. The molecule has 1 aliphatic rings. The lowest BCUT2D eigenvalue weighted by molar-refractivity contribution is -0.147. The van der Waals surface area contributed by atoms with Crippen molar-refractivity contribution >= 4 is 39.2 Å². The first-order valence-corrected chi connectivity index (χ1v) is 9.07. The Bertz CT molecular complexity index is 849. The molecule has 0 saturated heterocycles. The highest BCUT2D eigenvalue weighted by Gasteiger charge is 2.49. The Kier molecular flexibility index (Phi) is 5.13. The molecule has 1 heterocycles. The number of hydrogen-bond donors (Lipinski definition) is 1. The number of carbonyl (C=O) groups excluding carboxylic acids is 2. The third-order valence-electron chi connectivity index (χ3n) is 4.15. The summed E-state index contributed by atoms with van der Waals surface area (Å²) in [6.45, 7) is 3.68. The van der Waals surface area contributed by atoms with Crippen molar-refractivity contribution in [3.63, 3.8) is 0 Å². The van der Waals surface area contributed by atoms with Crippen LogP contribution >= 0.6 is 15.9 Å². The van der Waals surface area contributed by atoms with E-state index in [9.17, 15) is 9.59 Å². The summed E-state index contributed by atoms with van der Waals surface area (Å²) in [5.74, 6) is -0.750. The molecule has 0 radical (unpaired) electrons. The second-order valence-corrected chi connectivity index (χ2v) is 6.95. The summed E-state index contributed by atoms with van der Waals surface area (Å²) < 4.78 is 6.17. The molecule has 6 heteroatoms. The quantitative estimate of drug-likeness (QED) is 0.747. The minimum atomic E-state index is -1.22. The van der Waals surface area contributed by atoms with E-state index in [0.29, 0.717) is 11.4 Å². The maximum absolute atomic E-state index is 13.1. The van der Waals surface area contributed by atoms with E-state index in [0.717, 1.165) is 10.2 Å². The van der Waals surface area contributed by atoms with Gasteiger partial charge in [-0.15, -0.1) is 0 Å². The maximum atomic E-state index is 13.1. The molecule has 0 spiro atoms. The molecular weight excluding hydrogens is 396 g/mol. The van der Waals surface area contributed by atoms with Gasteiger partial charge in [0.05, 0.1) is 6.61 Å². The minimum Gasteiger partial charge on any atom is -0.464 e. The van der Waals surface area contributed by atoms with Crippen LogP contribution in [0.5, 0.6) is 0 Å². The second kappa shape index (κ2) is 7.33. The number of rotatable bonds is 5. The number of nitrogens with one attached hydrogen (secondary N) is 1. The summed E-state index contributed by atoms with van der Waals surface area (Å²) >= 11 is 3.39. The van der Waals surface area contributed by atoms with Crippen molar-refractivity contribution in [1.82, 2.24) is 0 Å². The first kappa shape index (κ1) is 18.2. The van der Waals surface area contributed by atoms with Gasteiger partial charge in [-0.3, -0.25) is 9.69 Å². The van der Waals surface area contributed by atoms with Gasteiger partial charge in [-0.2, -0.15) is 0 Å². The van der Waals surface area contributed by atoms with Gasteiger partial charge < -0.3 is 10.1 Å². The van der Waals surface area contributed by atoms with E-state index in [-0.39, 0.29) is 12.5 Å². The Morgan fingerprint density at radius 2 is 1.81 bits per heavy atom. The average Bonchev–Trinajstić information content (AvgIpc) is 2.89. The normalized spacial score (nSPS) is 19.3. The van der Waals surface area contributed by atoms with Crippen molar-refractivity contribution in [2.45, 2.75) is 19.4 Å². The van der Waals surface area contributed by atoms with E-state index >= 15 is 0 Å². The van der Waals surface area contributed by atoms with Gasteiger partial charge in [-0.1, -0.05) is 34.1 Å². The summed E-state index contributed by atoms with van der Waals surface area (Å²) in [6.07, 6.45) is 1.63. The van der Waals surface area contributed by atoms with Crippen molar-refractivity contribution in [3.05, 3.63) is 70.8 Å². The number of halogens is 1. The van der Waals surface area contributed by atoms with Crippen LogP contribution in [0.15, 0.2) is 70.8 Å². The molecular formula is C20H19BrN2O3. The third-order valence-corrected chi connectivity index (χ3v) is 4.68. The summed E-state index contributed by atoms with van der Waals surface area (Å²) in [5, 5.41) is 3.11. The summed E-state index contributed by atoms with van der Waals surface area (Å²) in [7, 11) is 0. The number of carbonyl (C=O) groups is 2. The maximum Gasteiger partial charge on any atom is 0.336 e. The Morgan fingerprint density at radius 1 is 1.15 bits per heavy atom. The zero-order valence-electron chi connectivity index (χ0n) is 14.5. The Balaban J connectivity index is 1.99. The highest BCUT2D eigenvalue weighted by molar-refractivity contribution is 9.10. The van der Waals surface area contributed by atoms with Crippen molar-refractivity contribution in [2.24, 2.45) is 0 Å². The molecule has 0 aliphatic carbocycles. The molecule has 0 aromatic heterocycles. The van der Waals surface area contributed by atoms with Crippen LogP contribution < -0.4 is 10.2 Å². The highest BCUT2D eigenvalue weighted by atomic mass is 79.9. The fraction of sp³-hybridized carbons (Fsp3) is 0.200. The smallest absolute Gasteiger partial charge is 0.336 e. The zero-order valence-corrected chi connectivity index (χ0v) is 16.1. The molecule has 0 bridgehead atoms. The van der Waals surface area contributed by atoms with E-state index in [1.807, 2.05) is 42.5 Å². The van der Waals surface area contributed by atoms with Gasteiger partial charge in [0.2, 0.25) is 0 Å². The van der Waals surface area contributed by atoms with Gasteiger partial charge in [0.1, 0.15) is 5.70 Å². The second-order valence-electron chi connectivity index (χ2n) is 6.03. The molecule has 3 rings (SSSR count). The van der Waals surface area contributed by atoms with Gasteiger partial charge in [0.25, 0.3) is 5.91 Å². The first-order chi connectivity index (χ1) is 12.5. The van der Waals surface area contributed by atoms with E-state index in [1.165, 1.54) is 4.90 Å². The molecule has 26 heavy (non-hydrogen) atoms. The molecule has 0 fully saturated rings. The minimum absolute atomic E-state index is 0.245. The number of hydrogen-bond acceptors (Lipinski definition) is 4. The van der Waals surface area contributed by atoms with E-state index < -0.39 is 11.5 Å². The number of ether oxygens (including phenoxy) is 1. The molecule has 2 aromatic rings. The van der Waals surface area contributed by atoms with Crippen molar-refractivity contribution in [1.29, 1.82) is 0 Å². The summed E-state index contributed by atoms with van der Waals surface area (Å²) in [5.41, 5.74) is 0.518. The van der Waals surface area contributed by atoms with Gasteiger partial charge in [0.15, 0.2) is 5.54 Å².